The normalized spacial score (nSPS) is 23.0. The summed E-state index contributed by atoms with van der Waals surface area (Å²) in [5.41, 5.74) is 4.13. The molecular weight excluding hydrogens is 282 g/mol. The van der Waals surface area contributed by atoms with Crippen molar-refractivity contribution in [2.75, 3.05) is 6.54 Å². The minimum absolute atomic E-state index is 0.461. The zero-order chi connectivity index (χ0) is 15.5. The largest absolute Gasteiger partial charge is 0.309 e. The standard InChI is InChI=1S/C20H27N3/c1-3-9-16(10-4-1)18-15-22-23(17-11-5-2-6-12-17)20(18)19-13-7-8-14-21-19/h2,5-6,11-12,15-16,19,21H,1,3-4,7-10,13-14H2. The van der Waals surface area contributed by atoms with E-state index < -0.39 is 0 Å². The maximum Gasteiger partial charge on any atom is 0.0649 e. The van der Waals surface area contributed by atoms with Crippen LogP contribution in [0.25, 0.3) is 5.69 Å². The maximum absolute atomic E-state index is 4.81. The van der Waals surface area contributed by atoms with E-state index in [1.54, 1.807) is 0 Å². The van der Waals surface area contributed by atoms with Crippen molar-refractivity contribution in [1.29, 1.82) is 0 Å². The van der Waals surface area contributed by atoms with Gasteiger partial charge in [0, 0.05) is 6.04 Å². The first kappa shape index (κ1) is 14.9. The van der Waals surface area contributed by atoms with Crippen molar-refractivity contribution < 1.29 is 0 Å². The van der Waals surface area contributed by atoms with Gasteiger partial charge in [0.25, 0.3) is 0 Å². The van der Waals surface area contributed by atoms with Gasteiger partial charge >= 0.3 is 0 Å². The number of hydrogen-bond acceptors (Lipinski definition) is 2. The fraction of sp³-hybridized carbons (Fsp3) is 0.550. The van der Waals surface area contributed by atoms with Crippen LogP contribution in [-0.2, 0) is 0 Å². The van der Waals surface area contributed by atoms with Crippen LogP contribution in [0.5, 0.6) is 0 Å². The SMILES string of the molecule is c1ccc(-n2ncc(C3CCCCC3)c2C2CCCCN2)cc1. The molecule has 1 aromatic carbocycles. The summed E-state index contributed by atoms with van der Waals surface area (Å²) in [5.74, 6) is 0.708. The third-order valence-electron chi connectivity index (χ3n) is 5.52. The van der Waals surface area contributed by atoms with E-state index in [1.807, 2.05) is 0 Å². The van der Waals surface area contributed by atoms with Gasteiger partial charge in [0.1, 0.15) is 0 Å². The number of piperidine rings is 1. The summed E-state index contributed by atoms with van der Waals surface area (Å²) < 4.78 is 2.20. The van der Waals surface area contributed by atoms with E-state index in [4.69, 9.17) is 5.10 Å². The first-order chi connectivity index (χ1) is 11.4. The van der Waals surface area contributed by atoms with Gasteiger partial charge < -0.3 is 5.32 Å². The lowest BCUT2D eigenvalue weighted by atomic mass is 9.82. The summed E-state index contributed by atoms with van der Waals surface area (Å²) >= 11 is 0. The van der Waals surface area contributed by atoms with Crippen molar-refractivity contribution in [1.82, 2.24) is 15.1 Å². The van der Waals surface area contributed by atoms with Gasteiger partial charge in [-0.2, -0.15) is 5.10 Å². The molecule has 2 heterocycles. The zero-order valence-corrected chi connectivity index (χ0v) is 13.9. The van der Waals surface area contributed by atoms with E-state index in [2.05, 4.69) is 46.5 Å². The summed E-state index contributed by atoms with van der Waals surface area (Å²) in [6.45, 7) is 1.13. The van der Waals surface area contributed by atoms with Crippen LogP contribution in [0, 0.1) is 0 Å². The average Bonchev–Trinajstić information content (AvgIpc) is 3.09. The first-order valence-corrected chi connectivity index (χ1v) is 9.30. The molecule has 1 saturated carbocycles. The van der Waals surface area contributed by atoms with Crippen LogP contribution in [0.2, 0.25) is 0 Å². The quantitative estimate of drug-likeness (QED) is 0.888. The molecule has 0 radical (unpaired) electrons. The second kappa shape index (κ2) is 6.88. The van der Waals surface area contributed by atoms with Crippen molar-refractivity contribution in [2.45, 2.75) is 63.3 Å². The molecule has 3 heteroatoms. The molecule has 1 aliphatic carbocycles. The molecule has 4 rings (SSSR count). The minimum Gasteiger partial charge on any atom is -0.309 e. The van der Waals surface area contributed by atoms with Gasteiger partial charge in [-0.1, -0.05) is 43.9 Å². The van der Waals surface area contributed by atoms with Gasteiger partial charge in [-0.3, -0.25) is 0 Å². The molecule has 1 unspecified atom stereocenters. The Kier molecular flexibility index (Phi) is 4.47. The van der Waals surface area contributed by atoms with E-state index in [9.17, 15) is 0 Å². The predicted octanol–water partition coefficient (Wildman–Crippen LogP) is 4.73. The van der Waals surface area contributed by atoms with Crippen molar-refractivity contribution in [3.8, 4) is 5.69 Å². The highest BCUT2D eigenvalue weighted by atomic mass is 15.3. The number of hydrogen-bond donors (Lipinski definition) is 1. The molecule has 0 spiro atoms. The highest BCUT2D eigenvalue weighted by Gasteiger charge is 2.28. The lowest BCUT2D eigenvalue weighted by Gasteiger charge is -2.29. The van der Waals surface area contributed by atoms with Crippen molar-refractivity contribution >= 4 is 0 Å². The Bertz CT molecular complexity index is 620. The average molecular weight is 309 g/mol. The monoisotopic (exact) mass is 309 g/mol. The van der Waals surface area contributed by atoms with E-state index >= 15 is 0 Å². The zero-order valence-electron chi connectivity index (χ0n) is 13.9. The second-order valence-corrected chi connectivity index (χ2v) is 7.07. The molecule has 2 aliphatic rings. The van der Waals surface area contributed by atoms with E-state index in [1.165, 1.54) is 68.3 Å². The number of nitrogens with one attached hydrogen (secondary N) is 1. The highest BCUT2D eigenvalue weighted by molar-refractivity contribution is 5.38. The summed E-state index contributed by atoms with van der Waals surface area (Å²) in [6.07, 6.45) is 12.8. The van der Waals surface area contributed by atoms with Gasteiger partial charge in [-0.15, -0.1) is 0 Å². The third-order valence-corrected chi connectivity index (χ3v) is 5.52. The Morgan fingerprint density at radius 1 is 0.913 bits per heavy atom. The fourth-order valence-corrected chi connectivity index (χ4v) is 4.31. The van der Waals surface area contributed by atoms with Crippen LogP contribution < -0.4 is 5.32 Å². The molecule has 1 aliphatic heterocycles. The third kappa shape index (κ3) is 3.07. The molecular formula is C20H27N3. The Morgan fingerprint density at radius 2 is 1.70 bits per heavy atom. The predicted molar refractivity (Wildman–Crippen MR) is 94.0 cm³/mol. The summed E-state index contributed by atoms with van der Waals surface area (Å²) in [4.78, 5) is 0. The fourth-order valence-electron chi connectivity index (χ4n) is 4.31. The molecule has 0 amide bonds. The summed E-state index contributed by atoms with van der Waals surface area (Å²) in [5, 5.41) is 8.56. The number of aromatic nitrogens is 2. The maximum atomic E-state index is 4.81. The number of nitrogens with zero attached hydrogens (tertiary/aromatic N) is 2. The highest BCUT2D eigenvalue weighted by Crippen LogP contribution is 2.38. The van der Waals surface area contributed by atoms with Crippen LogP contribution in [0.3, 0.4) is 0 Å². The van der Waals surface area contributed by atoms with E-state index in [-0.39, 0.29) is 0 Å². The molecule has 3 nitrogen and oxygen atoms in total. The number of rotatable bonds is 3. The van der Waals surface area contributed by atoms with Gasteiger partial charge in [0.2, 0.25) is 0 Å². The minimum atomic E-state index is 0.461. The Hall–Kier alpha value is -1.61. The lowest BCUT2D eigenvalue weighted by Crippen LogP contribution is -2.29. The molecule has 1 N–H and O–H groups in total. The van der Waals surface area contributed by atoms with Gasteiger partial charge in [-0.25, -0.2) is 4.68 Å². The van der Waals surface area contributed by atoms with Crippen LogP contribution in [0.15, 0.2) is 36.5 Å². The van der Waals surface area contributed by atoms with E-state index in [0.29, 0.717) is 12.0 Å². The molecule has 2 aromatic rings. The Morgan fingerprint density at radius 3 is 2.43 bits per heavy atom. The topological polar surface area (TPSA) is 29.9 Å². The lowest BCUT2D eigenvalue weighted by molar-refractivity contribution is 0.387. The van der Waals surface area contributed by atoms with Crippen LogP contribution >= 0.6 is 0 Å². The van der Waals surface area contributed by atoms with Gasteiger partial charge in [0.15, 0.2) is 0 Å². The molecule has 23 heavy (non-hydrogen) atoms. The smallest absolute Gasteiger partial charge is 0.0649 e. The molecule has 122 valence electrons. The summed E-state index contributed by atoms with van der Waals surface area (Å²) in [6, 6.07) is 11.1. The molecule has 1 saturated heterocycles. The second-order valence-electron chi connectivity index (χ2n) is 7.07. The summed E-state index contributed by atoms with van der Waals surface area (Å²) in [7, 11) is 0. The van der Waals surface area contributed by atoms with Crippen LogP contribution in [-0.4, -0.2) is 16.3 Å². The molecule has 1 atom stereocenters. The number of benzene rings is 1. The molecule has 0 bridgehead atoms. The first-order valence-electron chi connectivity index (χ1n) is 9.30. The van der Waals surface area contributed by atoms with E-state index in [0.717, 1.165) is 6.54 Å². The van der Waals surface area contributed by atoms with Gasteiger partial charge in [0.05, 0.1) is 17.6 Å². The molecule has 2 fully saturated rings. The van der Waals surface area contributed by atoms with Crippen LogP contribution in [0.4, 0.5) is 0 Å². The van der Waals surface area contributed by atoms with Crippen molar-refractivity contribution in [3.63, 3.8) is 0 Å². The Labute approximate surface area is 139 Å². The van der Waals surface area contributed by atoms with Crippen molar-refractivity contribution in [2.24, 2.45) is 0 Å². The number of para-hydroxylation sites is 1. The Balaban J connectivity index is 1.75. The van der Waals surface area contributed by atoms with Crippen LogP contribution in [0.1, 0.15) is 74.6 Å². The van der Waals surface area contributed by atoms with Crippen molar-refractivity contribution in [3.05, 3.63) is 47.8 Å². The molecule has 1 aromatic heterocycles. The van der Waals surface area contributed by atoms with Gasteiger partial charge in [-0.05, 0) is 55.8 Å².